The SMILES string of the molecule is c1cc(-c2cnc3oc4cccc(-c5cccc(-c6cccc7c6sc6ccccc67)c5)c4c3n2)cc(-c2cccc3c2sc2ccccc23)c1. The first-order valence-electron chi connectivity index (χ1n) is 17.0. The van der Waals surface area contributed by atoms with E-state index in [0.717, 1.165) is 44.4 Å². The fraction of sp³-hybridized carbons (Fsp3) is 0. The molecular formula is C46H26N2OS2. The highest BCUT2D eigenvalue weighted by molar-refractivity contribution is 7.26. The number of thiophene rings is 2. The lowest BCUT2D eigenvalue weighted by molar-refractivity contribution is 0.653. The molecule has 0 aliphatic carbocycles. The van der Waals surface area contributed by atoms with E-state index in [9.17, 15) is 0 Å². The molecule has 0 N–H and O–H groups in total. The molecule has 3 nitrogen and oxygen atoms in total. The minimum absolute atomic E-state index is 0.540. The highest BCUT2D eigenvalue weighted by Gasteiger charge is 2.18. The van der Waals surface area contributed by atoms with E-state index >= 15 is 0 Å². The minimum atomic E-state index is 0.540. The molecular weight excluding hydrogens is 661 g/mol. The molecule has 4 heterocycles. The maximum absolute atomic E-state index is 6.31. The van der Waals surface area contributed by atoms with E-state index in [2.05, 4.69) is 146 Å². The van der Waals surface area contributed by atoms with Crippen LogP contribution in [0.3, 0.4) is 0 Å². The van der Waals surface area contributed by atoms with Crippen LogP contribution in [0.15, 0.2) is 162 Å². The number of rotatable bonds is 4. The third-order valence-electron chi connectivity index (χ3n) is 9.97. The average Bonchev–Trinajstić information content (AvgIpc) is 3.89. The fourth-order valence-electron chi connectivity index (χ4n) is 7.61. The number of benzene rings is 7. The minimum Gasteiger partial charge on any atom is -0.436 e. The average molecular weight is 687 g/mol. The van der Waals surface area contributed by atoms with Crippen LogP contribution in [-0.2, 0) is 0 Å². The number of nitrogens with zero attached hydrogens (tertiary/aromatic N) is 2. The Bertz CT molecular complexity index is 3170. The molecule has 0 saturated carbocycles. The van der Waals surface area contributed by atoms with Crippen molar-refractivity contribution < 1.29 is 4.42 Å². The van der Waals surface area contributed by atoms with Gasteiger partial charge in [-0.3, -0.25) is 0 Å². The van der Waals surface area contributed by atoms with Crippen LogP contribution in [0.25, 0.3) is 107 Å². The smallest absolute Gasteiger partial charge is 0.246 e. The van der Waals surface area contributed by atoms with Crippen molar-refractivity contribution in [2.75, 3.05) is 0 Å². The summed E-state index contributed by atoms with van der Waals surface area (Å²) in [6, 6.07) is 54.3. The van der Waals surface area contributed by atoms with Crippen molar-refractivity contribution in [3.8, 4) is 44.6 Å². The Hall–Kier alpha value is -6.14. The van der Waals surface area contributed by atoms with E-state index in [-0.39, 0.29) is 0 Å². The van der Waals surface area contributed by atoms with Crippen LogP contribution in [0, 0.1) is 0 Å². The molecule has 0 fully saturated rings. The van der Waals surface area contributed by atoms with Gasteiger partial charge in [0.15, 0.2) is 0 Å². The first kappa shape index (κ1) is 28.7. The molecule has 0 radical (unpaired) electrons. The lowest BCUT2D eigenvalue weighted by Gasteiger charge is -2.09. The lowest BCUT2D eigenvalue weighted by atomic mass is 9.96. The van der Waals surface area contributed by atoms with Gasteiger partial charge in [-0.2, -0.15) is 0 Å². The Morgan fingerprint density at radius 1 is 0.451 bits per heavy atom. The molecule has 0 aliphatic rings. The monoisotopic (exact) mass is 686 g/mol. The molecule has 11 aromatic rings. The van der Waals surface area contributed by atoms with Crippen molar-refractivity contribution in [2.24, 2.45) is 0 Å². The van der Waals surface area contributed by atoms with Crippen LogP contribution in [0.2, 0.25) is 0 Å². The molecule has 5 heteroatoms. The zero-order chi connectivity index (χ0) is 33.5. The van der Waals surface area contributed by atoms with Crippen molar-refractivity contribution in [1.29, 1.82) is 0 Å². The number of fused-ring (bicyclic) bond motifs is 9. The summed E-state index contributed by atoms with van der Waals surface area (Å²) in [6.07, 6.45) is 1.83. The second-order valence-electron chi connectivity index (χ2n) is 12.9. The Morgan fingerprint density at radius 2 is 0.961 bits per heavy atom. The molecule has 51 heavy (non-hydrogen) atoms. The highest BCUT2D eigenvalue weighted by Crippen LogP contribution is 2.43. The maximum Gasteiger partial charge on any atom is 0.246 e. The summed E-state index contributed by atoms with van der Waals surface area (Å²) in [5, 5.41) is 6.18. The van der Waals surface area contributed by atoms with Gasteiger partial charge < -0.3 is 4.42 Å². The number of hydrogen-bond acceptors (Lipinski definition) is 5. The van der Waals surface area contributed by atoms with E-state index in [1.807, 2.05) is 34.9 Å². The van der Waals surface area contributed by atoms with E-state index in [1.54, 1.807) is 0 Å². The summed E-state index contributed by atoms with van der Waals surface area (Å²) < 4.78 is 11.5. The Labute approximate surface area is 300 Å². The summed E-state index contributed by atoms with van der Waals surface area (Å²) in [6.45, 7) is 0. The number of aromatic nitrogens is 2. The van der Waals surface area contributed by atoms with Crippen LogP contribution in [0.4, 0.5) is 0 Å². The molecule has 238 valence electrons. The summed E-state index contributed by atoms with van der Waals surface area (Å²) in [4.78, 5) is 10.1. The molecule has 0 aliphatic heterocycles. The van der Waals surface area contributed by atoms with Gasteiger partial charge in [0, 0.05) is 45.9 Å². The van der Waals surface area contributed by atoms with Crippen molar-refractivity contribution in [3.05, 3.63) is 158 Å². The second-order valence-corrected chi connectivity index (χ2v) is 15.0. The second kappa shape index (κ2) is 11.2. The summed E-state index contributed by atoms with van der Waals surface area (Å²) in [5.41, 5.74) is 10.9. The quantitative estimate of drug-likeness (QED) is 0.185. The van der Waals surface area contributed by atoms with Gasteiger partial charge in [-0.15, -0.1) is 22.7 Å². The van der Waals surface area contributed by atoms with Gasteiger partial charge in [-0.05, 0) is 63.7 Å². The zero-order valence-electron chi connectivity index (χ0n) is 27.1. The zero-order valence-corrected chi connectivity index (χ0v) is 28.8. The standard InChI is InChI=1S/C46H26N2OS2/c1-3-22-40-34(14-1)36-19-7-17-32(44(36)50-40)28-11-5-10-27(24-28)31-16-9-21-39-42(31)43-46(49-39)47-26-38(48-43)30-13-6-12-29(25-30)33-18-8-20-37-35-15-2-4-23-41(35)51-45(33)37/h1-26H. The van der Waals surface area contributed by atoms with Crippen molar-refractivity contribution in [3.63, 3.8) is 0 Å². The molecule has 7 aromatic carbocycles. The number of furan rings is 1. The molecule has 0 atom stereocenters. The van der Waals surface area contributed by atoms with Gasteiger partial charge in [-0.1, -0.05) is 121 Å². The first-order chi connectivity index (χ1) is 25.3. The predicted molar refractivity (Wildman–Crippen MR) is 217 cm³/mol. The van der Waals surface area contributed by atoms with Crippen LogP contribution in [0.1, 0.15) is 0 Å². The Balaban J connectivity index is 1.04. The van der Waals surface area contributed by atoms with Crippen molar-refractivity contribution in [2.45, 2.75) is 0 Å². The van der Waals surface area contributed by atoms with Crippen LogP contribution in [0.5, 0.6) is 0 Å². The lowest BCUT2D eigenvalue weighted by Crippen LogP contribution is -1.89. The summed E-state index contributed by atoms with van der Waals surface area (Å²) in [7, 11) is 0. The predicted octanol–water partition coefficient (Wildman–Crippen LogP) is 13.8. The molecule has 0 amide bonds. The van der Waals surface area contributed by atoms with Crippen LogP contribution in [-0.4, -0.2) is 9.97 Å². The molecule has 0 bridgehead atoms. The van der Waals surface area contributed by atoms with Gasteiger partial charge in [0.25, 0.3) is 0 Å². The molecule has 4 aromatic heterocycles. The van der Waals surface area contributed by atoms with Gasteiger partial charge in [0.05, 0.1) is 17.3 Å². The van der Waals surface area contributed by atoms with E-state index < -0.39 is 0 Å². The number of hydrogen-bond donors (Lipinski definition) is 0. The topological polar surface area (TPSA) is 38.9 Å². The fourth-order valence-corrected chi connectivity index (χ4v) is 10.1. The maximum atomic E-state index is 6.31. The van der Waals surface area contributed by atoms with Crippen LogP contribution < -0.4 is 0 Å². The largest absolute Gasteiger partial charge is 0.436 e. The van der Waals surface area contributed by atoms with E-state index in [1.165, 1.54) is 57.0 Å². The Morgan fingerprint density at radius 3 is 1.63 bits per heavy atom. The molecule has 11 rings (SSSR count). The van der Waals surface area contributed by atoms with E-state index in [0.29, 0.717) is 5.71 Å². The summed E-state index contributed by atoms with van der Waals surface area (Å²) in [5.74, 6) is 0. The first-order valence-corrected chi connectivity index (χ1v) is 18.6. The van der Waals surface area contributed by atoms with E-state index in [4.69, 9.17) is 14.4 Å². The van der Waals surface area contributed by atoms with Crippen molar-refractivity contribution >= 4 is 85.2 Å². The Kier molecular flexibility index (Phi) is 6.29. The van der Waals surface area contributed by atoms with Gasteiger partial charge in [0.1, 0.15) is 11.1 Å². The van der Waals surface area contributed by atoms with Gasteiger partial charge in [0.2, 0.25) is 5.71 Å². The molecule has 0 unspecified atom stereocenters. The van der Waals surface area contributed by atoms with Crippen LogP contribution >= 0.6 is 22.7 Å². The normalized spacial score (nSPS) is 11.9. The van der Waals surface area contributed by atoms with Crippen molar-refractivity contribution in [1.82, 2.24) is 9.97 Å². The molecule has 0 spiro atoms. The highest BCUT2D eigenvalue weighted by atomic mass is 32.1. The van der Waals surface area contributed by atoms with Gasteiger partial charge in [-0.25, -0.2) is 9.97 Å². The van der Waals surface area contributed by atoms with Gasteiger partial charge >= 0.3 is 0 Å². The molecule has 0 saturated heterocycles. The summed E-state index contributed by atoms with van der Waals surface area (Å²) >= 11 is 3.71. The third kappa shape index (κ3) is 4.49. The third-order valence-corrected chi connectivity index (χ3v) is 12.4.